The van der Waals surface area contributed by atoms with E-state index in [1.807, 2.05) is 31.2 Å². The van der Waals surface area contributed by atoms with Crippen molar-refractivity contribution in [1.82, 2.24) is 5.32 Å². The maximum Gasteiger partial charge on any atom is 0.220 e. The summed E-state index contributed by atoms with van der Waals surface area (Å²) >= 11 is 0. The predicted octanol–water partition coefficient (Wildman–Crippen LogP) is 3.83. The summed E-state index contributed by atoms with van der Waals surface area (Å²) in [6.07, 6.45) is 1.22. The lowest BCUT2D eigenvalue weighted by atomic mass is 10.0. The summed E-state index contributed by atoms with van der Waals surface area (Å²) in [7, 11) is 1.61. The SMILES string of the molecule is COc1ccccc1OC[C@@H](C)NC(=O)CCc1ccc(C)c(C)c1. The highest BCUT2D eigenvalue weighted by Gasteiger charge is 2.10. The van der Waals surface area contributed by atoms with Crippen molar-refractivity contribution in [3.8, 4) is 11.5 Å². The van der Waals surface area contributed by atoms with Crippen molar-refractivity contribution in [1.29, 1.82) is 0 Å². The molecule has 134 valence electrons. The molecule has 25 heavy (non-hydrogen) atoms. The zero-order valence-corrected chi connectivity index (χ0v) is 15.5. The lowest BCUT2D eigenvalue weighted by molar-refractivity contribution is -0.121. The Bertz CT molecular complexity index is 712. The monoisotopic (exact) mass is 341 g/mol. The van der Waals surface area contributed by atoms with E-state index in [9.17, 15) is 4.79 Å². The molecule has 0 fully saturated rings. The summed E-state index contributed by atoms with van der Waals surface area (Å²) in [5.74, 6) is 1.41. The highest BCUT2D eigenvalue weighted by Crippen LogP contribution is 2.25. The first-order chi connectivity index (χ1) is 12.0. The Hall–Kier alpha value is -2.49. The van der Waals surface area contributed by atoms with Gasteiger partial charge in [0, 0.05) is 6.42 Å². The first-order valence-corrected chi connectivity index (χ1v) is 8.61. The fourth-order valence-electron chi connectivity index (χ4n) is 2.56. The second kappa shape index (κ2) is 9.11. The molecule has 4 nitrogen and oxygen atoms in total. The molecule has 0 spiro atoms. The van der Waals surface area contributed by atoms with Gasteiger partial charge in [0.05, 0.1) is 13.2 Å². The van der Waals surface area contributed by atoms with Crippen molar-refractivity contribution in [3.63, 3.8) is 0 Å². The van der Waals surface area contributed by atoms with E-state index in [2.05, 4.69) is 37.4 Å². The number of amides is 1. The fourth-order valence-corrected chi connectivity index (χ4v) is 2.56. The lowest BCUT2D eigenvalue weighted by Gasteiger charge is -2.16. The molecule has 0 unspecified atom stereocenters. The number of hydrogen-bond acceptors (Lipinski definition) is 3. The van der Waals surface area contributed by atoms with E-state index in [1.165, 1.54) is 16.7 Å². The first-order valence-electron chi connectivity index (χ1n) is 8.61. The number of carbonyl (C=O) groups excluding carboxylic acids is 1. The Morgan fingerprint density at radius 1 is 1.08 bits per heavy atom. The molecule has 1 N–H and O–H groups in total. The Morgan fingerprint density at radius 3 is 2.48 bits per heavy atom. The van der Waals surface area contributed by atoms with Crippen LogP contribution in [0, 0.1) is 13.8 Å². The van der Waals surface area contributed by atoms with Crippen LogP contribution >= 0.6 is 0 Å². The van der Waals surface area contributed by atoms with Gasteiger partial charge in [-0.1, -0.05) is 30.3 Å². The maximum absolute atomic E-state index is 12.1. The molecular weight excluding hydrogens is 314 g/mol. The van der Waals surface area contributed by atoms with E-state index in [1.54, 1.807) is 7.11 Å². The van der Waals surface area contributed by atoms with E-state index >= 15 is 0 Å². The average molecular weight is 341 g/mol. The fraction of sp³-hybridized carbons (Fsp3) is 0.381. The van der Waals surface area contributed by atoms with Crippen LogP contribution in [0.2, 0.25) is 0 Å². The Morgan fingerprint density at radius 2 is 1.80 bits per heavy atom. The van der Waals surface area contributed by atoms with Crippen molar-refractivity contribution in [2.45, 2.75) is 39.7 Å². The van der Waals surface area contributed by atoms with Gasteiger partial charge in [-0.3, -0.25) is 4.79 Å². The molecule has 0 aromatic heterocycles. The van der Waals surface area contributed by atoms with Crippen LogP contribution in [0.25, 0.3) is 0 Å². The normalized spacial score (nSPS) is 11.7. The minimum atomic E-state index is -0.0721. The molecule has 1 amide bonds. The highest BCUT2D eigenvalue weighted by atomic mass is 16.5. The standard InChI is InChI=1S/C21H27NO3/c1-15-9-10-18(13-16(15)2)11-12-21(23)22-17(3)14-25-20-8-6-5-7-19(20)24-4/h5-10,13,17H,11-12,14H2,1-4H3,(H,22,23)/t17-/m1/s1. The van der Waals surface area contributed by atoms with Crippen molar-refractivity contribution in [3.05, 3.63) is 59.2 Å². The molecule has 1 atom stereocenters. The minimum absolute atomic E-state index is 0.0364. The summed E-state index contributed by atoms with van der Waals surface area (Å²) in [6.45, 7) is 6.52. The molecule has 0 aliphatic rings. The quantitative estimate of drug-likeness (QED) is 0.794. The number of carbonyl (C=O) groups is 1. The van der Waals surface area contributed by atoms with Crippen LogP contribution < -0.4 is 14.8 Å². The van der Waals surface area contributed by atoms with Gasteiger partial charge in [-0.15, -0.1) is 0 Å². The number of benzene rings is 2. The van der Waals surface area contributed by atoms with Gasteiger partial charge in [0.25, 0.3) is 0 Å². The Labute approximate surface area is 150 Å². The first kappa shape index (κ1) is 18.8. The second-order valence-corrected chi connectivity index (χ2v) is 6.35. The van der Waals surface area contributed by atoms with Crippen molar-refractivity contribution in [2.24, 2.45) is 0 Å². The Balaban J connectivity index is 1.77. The molecule has 2 aromatic rings. The van der Waals surface area contributed by atoms with Gasteiger partial charge in [0.1, 0.15) is 6.61 Å². The van der Waals surface area contributed by atoms with E-state index < -0.39 is 0 Å². The van der Waals surface area contributed by atoms with Crippen LogP contribution in [0.1, 0.15) is 30.0 Å². The number of aryl methyl sites for hydroxylation is 3. The van der Waals surface area contributed by atoms with Crippen LogP contribution in [0.5, 0.6) is 11.5 Å². The number of ether oxygens (including phenoxy) is 2. The van der Waals surface area contributed by atoms with Crippen molar-refractivity contribution in [2.75, 3.05) is 13.7 Å². The Kier molecular flexibility index (Phi) is 6.87. The molecule has 0 aliphatic carbocycles. The summed E-state index contributed by atoms with van der Waals surface area (Å²) in [6, 6.07) is 13.8. The highest BCUT2D eigenvalue weighted by molar-refractivity contribution is 5.76. The zero-order chi connectivity index (χ0) is 18.2. The molecule has 2 rings (SSSR count). The van der Waals surface area contributed by atoms with E-state index in [4.69, 9.17) is 9.47 Å². The van der Waals surface area contributed by atoms with Crippen molar-refractivity contribution < 1.29 is 14.3 Å². The minimum Gasteiger partial charge on any atom is -0.493 e. The van der Waals surface area contributed by atoms with Crippen LogP contribution in [0.15, 0.2) is 42.5 Å². The van der Waals surface area contributed by atoms with Crippen LogP contribution in [0.4, 0.5) is 0 Å². The molecule has 0 aliphatic heterocycles. The summed E-state index contributed by atoms with van der Waals surface area (Å²) < 4.78 is 11.0. The summed E-state index contributed by atoms with van der Waals surface area (Å²) in [5, 5.41) is 2.98. The zero-order valence-electron chi connectivity index (χ0n) is 15.5. The third-order valence-corrected chi connectivity index (χ3v) is 4.18. The van der Waals surface area contributed by atoms with Gasteiger partial charge < -0.3 is 14.8 Å². The number of para-hydroxylation sites is 2. The predicted molar refractivity (Wildman–Crippen MR) is 100 cm³/mol. The number of methoxy groups -OCH3 is 1. The molecule has 4 heteroatoms. The van der Waals surface area contributed by atoms with Gasteiger partial charge >= 0.3 is 0 Å². The van der Waals surface area contributed by atoms with Crippen LogP contribution in [0.3, 0.4) is 0 Å². The molecule has 0 heterocycles. The lowest BCUT2D eigenvalue weighted by Crippen LogP contribution is -2.36. The molecule has 0 saturated carbocycles. The second-order valence-electron chi connectivity index (χ2n) is 6.35. The van der Waals surface area contributed by atoms with E-state index in [-0.39, 0.29) is 11.9 Å². The molecule has 0 saturated heterocycles. The van der Waals surface area contributed by atoms with E-state index in [0.29, 0.717) is 24.5 Å². The van der Waals surface area contributed by atoms with Crippen molar-refractivity contribution >= 4 is 5.91 Å². The largest absolute Gasteiger partial charge is 0.493 e. The summed E-state index contributed by atoms with van der Waals surface area (Å²) in [5.41, 5.74) is 3.72. The van der Waals surface area contributed by atoms with Gasteiger partial charge in [-0.05, 0) is 56.0 Å². The molecular formula is C21H27NO3. The van der Waals surface area contributed by atoms with E-state index in [0.717, 1.165) is 6.42 Å². The number of hydrogen-bond donors (Lipinski definition) is 1. The molecule has 0 bridgehead atoms. The summed E-state index contributed by atoms with van der Waals surface area (Å²) in [4.78, 5) is 12.1. The number of nitrogens with one attached hydrogen (secondary N) is 1. The smallest absolute Gasteiger partial charge is 0.220 e. The van der Waals surface area contributed by atoms with Gasteiger partial charge in [-0.2, -0.15) is 0 Å². The third-order valence-electron chi connectivity index (χ3n) is 4.18. The average Bonchev–Trinajstić information content (AvgIpc) is 2.61. The van der Waals surface area contributed by atoms with Crippen LogP contribution in [-0.2, 0) is 11.2 Å². The van der Waals surface area contributed by atoms with Gasteiger partial charge in [0.15, 0.2) is 11.5 Å². The third kappa shape index (κ3) is 5.82. The topological polar surface area (TPSA) is 47.6 Å². The van der Waals surface area contributed by atoms with Gasteiger partial charge in [-0.25, -0.2) is 0 Å². The molecule has 2 aromatic carbocycles. The van der Waals surface area contributed by atoms with Crippen LogP contribution in [-0.4, -0.2) is 25.7 Å². The number of rotatable bonds is 8. The van der Waals surface area contributed by atoms with Gasteiger partial charge in [0.2, 0.25) is 5.91 Å². The maximum atomic E-state index is 12.1. The molecule has 0 radical (unpaired) electrons.